The van der Waals surface area contributed by atoms with Crippen LogP contribution in [0, 0.1) is 11.8 Å². The SMILES string of the molecule is OC1CCC(CCCC2CCC(O)CC2)CC1. The van der Waals surface area contributed by atoms with Crippen molar-refractivity contribution in [1.82, 2.24) is 0 Å². The Morgan fingerprint density at radius 2 is 0.941 bits per heavy atom. The summed E-state index contributed by atoms with van der Waals surface area (Å²) in [6.07, 6.45) is 13.2. The Balaban J connectivity index is 1.54. The van der Waals surface area contributed by atoms with Crippen LogP contribution in [0.1, 0.15) is 70.6 Å². The molecule has 0 unspecified atom stereocenters. The Morgan fingerprint density at radius 3 is 1.29 bits per heavy atom. The highest BCUT2D eigenvalue weighted by molar-refractivity contribution is 4.74. The highest BCUT2D eigenvalue weighted by Crippen LogP contribution is 2.32. The maximum atomic E-state index is 9.46. The van der Waals surface area contributed by atoms with Gasteiger partial charge in [0, 0.05) is 0 Å². The number of hydrogen-bond acceptors (Lipinski definition) is 2. The molecule has 17 heavy (non-hydrogen) atoms. The first-order valence-corrected chi connectivity index (χ1v) is 7.60. The Morgan fingerprint density at radius 1 is 0.588 bits per heavy atom. The maximum Gasteiger partial charge on any atom is 0.0540 e. The molecule has 0 aromatic heterocycles. The predicted molar refractivity (Wildman–Crippen MR) is 69.8 cm³/mol. The van der Waals surface area contributed by atoms with Crippen LogP contribution in [0.25, 0.3) is 0 Å². The van der Waals surface area contributed by atoms with Crippen molar-refractivity contribution in [2.75, 3.05) is 0 Å². The highest BCUT2D eigenvalue weighted by Gasteiger charge is 2.21. The number of aliphatic hydroxyl groups is 2. The van der Waals surface area contributed by atoms with E-state index in [9.17, 15) is 10.2 Å². The molecule has 0 spiro atoms. The Labute approximate surface area is 105 Å². The molecule has 0 radical (unpaired) electrons. The van der Waals surface area contributed by atoms with Crippen LogP contribution in [0.2, 0.25) is 0 Å². The predicted octanol–water partition coefficient (Wildman–Crippen LogP) is 3.26. The zero-order valence-electron chi connectivity index (χ0n) is 11.0. The molecule has 0 bridgehead atoms. The van der Waals surface area contributed by atoms with Gasteiger partial charge < -0.3 is 10.2 Å². The van der Waals surface area contributed by atoms with Crippen LogP contribution in [0.4, 0.5) is 0 Å². The first-order valence-electron chi connectivity index (χ1n) is 7.60. The lowest BCUT2D eigenvalue weighted by Gasteiger charge is -2.28. The van der Waals surface area contributed by atoms with E-state index in [0.717, 1.165) is 37.5 Å². The zero-order chi connectivity index (χ0) is 12.1. The highest BCUT2D eigenvalue weighted by atomic mass is 16.3. The largest absolute Gasteiger partial charge is 0.393 e. The smallest absolute Gasteiger partial charge is 0.0540 e. The third kappa shape index (κ3) is 4.59. The quantitative estimate of drug-likeness (QED) is 0.792. The van der Waals surface area contributed by atoms with E-state index in [-0.39, 0.29) is 12.2 Å². The molecule has 2 nitrogen and oxygen atoms in total. The van der Waals surface area contributed by atoms with Gasteiger partial charge in [0.1, 0.15) is 0 Å². The molecule has 0 amide bonds. The summed E-state index contributed by atoms with van der Waals surface area (Å²) in [7, 11) is 0. The molecule has 2 aliphatic rings. The molecule has 0 aromatic carbocycles. The Kier molecular flexibility index (Phi) is 5.30. The van der Waals surface area contributed by atoms with Crippen molar-refractivity contribution in [3.63, 3.8) is 0 Å². The molecule has 2 saturated carbocycles. The lowest BCUT2D eigenvalue weighted by molar-refractivity contribution is 0.0988. The van der Waals surface area contributed by atoms with Crippen molar-refractivity contribution in [2.45, 2.75) is 82.8 Å². The fraction of sp³-hybridized carbons (Fsp3) is 1.00. The lowest BCUT2D eigenvalue weighted by Crippen LogP contribution is -2.19. The van der Waals surface area contributed by atoms with Crippen LogP contribution >= 0.6 is 0 Å². The summed E-state index contributed by atoms with van der Waals surface area (Å²) < 4.78 is 0. The van der Waals surface area contributed by atoms with Gasteiger partial charge in [-0.1, -0.05) is 19.3 Å². The second kappa shape index (κ2) is 6.75. The fourth-order valence-electron chi connectivity index (χ4n) is 3.56. The van der Waals surface area contributed by atoms with Gasteiger partial charge in [0.2, 0.25) is 0 Å². The molecule has 2 fully saturated rings. The third-order valence-electron chi connectivity index (χ3n) is 4.86. The van der Waals surface area contributed by atoms with E-state index < -0.39 is 0 Å². The summed E-state index contributed by atoms with van der Waals surface area (Å²) >= 11 is 0. The fourth-order valence-corrected chi connectivity index (χ4v) is 3.56. The first-order chi connectivity index (χ1) is 8.24. The molecule has 0 atom stereocenters. The van der Waals surface area contributed by atoms with Crippen LogP contribution in [0.15, 0.2) is 0 Å². The summed E-state index contributed by atoms with van der Waals surface area (Å²) in [5, 5.41) is 18.9. The molecule has 0 heterocycles. The molecular formula is C15H28O2. The van der Waals surface area contributed by atoms with E-state index in [2.05, 4.69) is 0 Å². The molecule has 2 rings (SSSR count). The van der Waals surface area contributed by atoms with Gasteiger partial charge >= 0.3 is 0 Å². The van der Waals surface area contributed by atoms with Gasteiger partial charge in [-0.3, -0.25) is 0 Å². The summed E-state index contributed by atoms with van der Waals surface area (Å²) in [6, 6.07) is 0. The molecule has 0 aliphatic heterocycles. The van der Waals surface area contributed by atoms with Crippen LogP contribution in [-0.2, 0) is 0 Å². The summed E-state index contributed by atoms with van der Waals surface area (Å²) in [6.45, 7) is 0. The van der Waals surface area contributed by atoms with Gasteiger partial charge in [-0.25, -0.2) is 0 Å². The van der Waals surface area contributed by atoms with Crippen LogP contribution in [0.5, 0.6) is 0 Å². The van der Waals surface area contributed by atoms with Gasteiger partial charge in [0.15, 0.2) is 0 Å². The standard InChI is InChI=1S/C15H28O2/c16-14-8-4-12(5-9-14)2-1-3-13-6-10-15(17)11-7-13/h12-17H,1-11H2. The minimum atomic E-state index is -0.00826. The van der Waals surface area contributed by atoms with E-state index in [1.807, 2.05) is 0 Å². The van der Waals surface area contributed by atoms with Gasteiger partial charge in [0.05, 0.1) is 12.2 Å². The third-order valence-corrected chi connectivity index (χ3v) is 4.86. The van der Waals surface area contributed by atoms with Crippen molar-refractivity contribution in [3.8, 4) is 0 Å². The Bertz CT molecular complexity index is 179. The Hall–Kier alpha value is -0.0800. The maximum absolute atomic E-state index is 9.46. The first kappa shape index (κ1) is 13.4. The summed E-state index contributed by atoms with van der Waals surface area (Å²) in [5.74, 6) is 1.76. The number of rotatable bonds is 4. The number of hydrogen-bond donors (Lipinski definition) is 2. The van der Waals surface area contributed by atoms with Crippen LogP contribution in [-0.4, -0.2) is 22.4 Å². The van der Waals surface area contributed by atoms with E-state index in [1.165, 1.54) is 44.9 Å². The average Bonchev–Trinajstić information content (AvgIpc) is 2.34. The number of aliphatic hydroxyl groups excluding tert-OH is 2. The van der Waals surface area contributed by atoms with Gasteiger partial charge in [0.25, 0.3) is 0 Å². The summed E-state index contributed by atoms with van der Waals surface area (Å²) in [4.78, 5) is 0. The molecule has 0 aromatic rings. The van der Waals surface area contributed by atoms with E-state index >= 15 is 0 Å². The van der Waals surface area contributed by atoms with Crippen LogP contribution in [0.3, 0.4) is 0 Å². The lowest BCUT2D eigenvalue weighted by atomic mass is 9.81. The minimum absolute atomic E-state index is 0.00826. The summed E-state index contributed by atoms with van der Waals surface area (Å²) in [5.41, 5.74) is 0. The van der Waals surface area contributed by atoms with Gasteiger partial charge in [-0.05, 0) is 63.2 Å². The molecule has 100 valence electrons. The average molecular weight is 240 g/mol. The van der Waals surface area contributed by atoms with Crippen molar-refractivity contribution in [3.05, 3.63) is 0 Å². The second-order valence-electron chi connectivity index (χ2n) is 6.28. The second-order valence-corrected chi connectivity index (χ2v) is 6.28. The van der Waals surface area contributed by atoms with Crippen molar-refractivity contribution < 1.29 is 10.2 Å². The monoisotopic (exact) mass is 240 g/mol. The van der Waals surface area contributed by atoms with Gasteiger partial charge in [-0.2, -0.15) is 0 Å². The minimum Gasteiger partial charge on any atom is -0.393 e. The van der Waals surface area contributed by atoms with Crippen molar-refractivity contribution in [1.29, 1.82) is 0 Å². The normalized spacial score (nSPS) is 39.2. The molecule has 2 heteroatoms. The van der Waals surface area contributed by atoms with Gasteiger partial charge in [-0.15, -0.1) is 0 Å². The molecule has 2 aliphatic carbocycles. The van der Waals surface area contributed by atoms with E-state index in [0.29, 0.717) is 0 Å². The van der Waals surface area contributed by atoms with Crippen LogP contribution < -0.4 is 0 Å². The van der Waals surface area contributed by atoms with E-state index in [1.54, 1.807) is 0 Å². The van der Waals surface area contributed by atoms with Crippen molar-refractivity contribution in [2.24, 2.45) is 11.8 Å². The van der Waals surface area contributed by atoms with Crippen molar-refractivity contribution >= 4 is 0 Å². The molecule has 0 saturated heterocycles. The zero-order valence-corrected chi connectivity index (χ0v) is 11.0. The molecule has 2 N–H and O–H groups in total. The van der Waals surface area contributed by atoms with E-state index in [4.69, 9.17) is 0 Å². The topological polar surface area (TPSA) is 40.5 Å². The molecular weight excluding hydrogens is 212 g/mol.